The number of aryl methyl sites for hydroxylation is 1. The Morgan fingerprint density at radius 1 is 1.00 bits per heavy atom. The first-order valence-corrected chi connectivity index (χ1v) is 10.1. The molecule has 3 aromatic rings. The van der Waals surface area contributed by atoms with Crippen LogP contribution < -0.4 is 4.74 Å². The fraction of sp³-hybridized carbons (Fsp3) is 0.400. The van der Waals surface area contributed by atoms with Gasteiger partial charge >= 0.3 is 0 Å². The first-order chi connectivity index (χ1) is 12.4. The highest BCUT2D eigenvalue weighted by Gasteiger charge is 2.23. The fourth-order valence-corrected chi connectivity index (χ4v) is 5.21. The minimum atomic E-state index is -1.04. The predicted molar refractivity (Wildman–Crippen MR) is 104 cm³/mol. The van der Waals surface area contributed by atoms with Gasteiger partial charge in [-0.25, -0.2) is 8.78 Å². The Morgan fingerprint density at radius 2 is 1.69 bits per heavy atom. The number of fused-ring (bicyclic) bond motifs is 3. The van der Waals surface area contributed by atoms with Crippen LogP contribution in [0.2, 0.25) is 0 Å². The number of benzene rings is 2. The molecule has 1 aliphatic rings. The second-order valence-corrected chi connectivity index (χ2v) is 8.90. The minimum Gasteiger partial charge on any atom is -0.490 e. The van der Waals surface area contributed by atoms with E-state index < -0.39 is 17.5 Å². The Hall–Kier alpha value is -1.40. The Kier molecular flexibility index (Phi) is 4.82. The van der Waals surface area contributed by atoms with E-state index in [9.17, 15) is 13.2 Å². The molecule has 138 valence electrons. The van der Waals surface area contributed by atoms with E-state index in [0.29, 0.717) is 27.2 Å². The van der Waals surface area contributed by atoms with Gasteiger partial charge in [0, 0.05) is 31.5 Å². The van der Waals surface area contributed by atoms with Crippen molar-refractivity contribution in [2.24, 2.45) is 5.92 Å². The summed E-state index contributed by atoms with van der Waals surface area (Å²) in [4.78, 5) is 0. The van der Waals surface area contributed by atoms with Crippen molar-refractivity contribution in [3.05, 3.63) is 41.2 Å². The molecule has 0 saturated heterocycles. The van der Waals surface area contributed by atoms with Crippen LogP contribution in [0.4, 0.5) is 13.2 Å². The number of thiol groups is 1. The molecule has 0 unspecified atom stereocenters. The average Bonchev–Trinajstić information content (AvgIpc) is 2.96. The molecule has 0 amide bonds. The van der Waals surface area contributed by atoms with E-state index >= 15 is 0 Å². The highest BCUT2D eigenvalue weighted by molar-refractivity contribution is 7.80. The molecular weight excluding hydrogens is 377 g/mol. The lowest BCUT2D eigenvalue weighted by Gasteiger charge is -2.25. The number of hydrogen-bond donors (Lipinski definition) is 1. The first-order valence-electron chi connectivity index (χ1n) is 8.75. The second kappa shape index (κ2) is 6.97. The van der Waals surface area contributed by atoms with Crippen LogP contribution in [0, 0.1) is 30.3 Å². The zero-order chi connectivity index (χ0) is 18.4. The Labute approximate surface area is 159 Å². The normalized spacial score (nSPS) is 20.8. The van der Waals surface area contributed by atoms with E-state index in [1.807, 2.05) is 0 Å². The summed E-state index contributed by atoms with van der Waals surface area (Å²) in [5.41, 5.74) is 0.749. The molecule has 1 heterocycles. The summed E-state index contributed by atoms with van der Waals surface area (Å²) in [6, 6.07) is 4.63. The molecule has 2 aromatic carbocycles. The summed E-state index contributed by atoms with van der Waals surface area (Å²) < 4.78 is 50.3. The highest BCUT2D eigenvalue weighted by atomic mass is 32.1. The summed E-state index contributed by atoms with van der Waals surface area (Å²) in [6.07, 6.45) is 3.99. The maximum Gasteiger partial charge on any atom is 0.201 e. The predicted octanol–water partition coefficient (Wildman–Crippen LogP) is 6.65. The zero-order valence-electron chi connectivity index (χ0n) is 14.3. The van der Waals surface area contributed by atoms with Crippen molar-refractivity contribution in [1.29, 1.82) is 0 Å². The van der Waals surface area contributed by atoms with Gasteiger partial charge in [0.15, 0.2) is 11.6 Å². The van der Waals surface area contributed by atoms with Crippen LogP contribution in [0.25, 0.3) is 20.2 Å². The maximum atomic E-state index is 14.7. The number of halogens is 3. The summed E-state index contributed by atoms with van der Waals surface area (Å²) >= 11 is 5.72. The Balaban J connectivity index is 1.69. The van der Waals surface area contributed by atoms with E-state index in [4.69, 9.17) is 4.74 Å². The molecule has 1 nitrogen and oxygen atoms in total. The molecule has 6 heteroatoms. The van der Waals surface area contributed by atoms with Gasteiger partial charge < -0.3 is 4.74 Å². The van der Waals surface area contributed by atoms with Gasteiger partial charge in [-0.05, 0) is 56.2 Å². The molecule has 26 heavy (non-hydrogen) atoms. The Bertz CT molecular complexity index is 974. The fourth-order valence-electron chi connectivity index (χ4n) is 3.67. The molecule has 0 N–H and O–H groups in total. The SMILES string of the molecule is Cc1cc(F)c2c(c1)sc1cc(OCC3CCC(S)CC3)c(F)c(F)c12. The molecule has 1 aliphatic carbocycles. The third kappa shape index (κ3) is 3.18. The molecule has 1 fully saturated rings. The van der Waals surface area contributed by atoms with Crippen molar-refractivity contribution in [1.82, 2.24) is 0 Å². The minimum absolute atomic E-state index is 0.00271. The highest BCUT2D eigenvalue weighted by Crippen LogP contribution is 2.41. The molecule has 0 spiro atoms. The summed E-state index contributed by atoms with van der Waals surface area (Å²) in [6.45, 7) is 2.14. The van der Waals surface area contributed by atoms with Crippen LogP contribution in [0.1, 0.15) is 31.2 Å². The molecule has 1 saturated carbocycles. The van der Waals surface area contributed by atoms with Crippen LogP contribution in [0.3, 0.4) is 0 Å². The van der Waals surface area contributed by atoms with Gasteiger partial charge in [-0.3, -0.25) is 0 Å². The molecule has 1 aromatic heterocycles. The number of rotatable bonds is 3. The smallest absolute Gasteiger partial charge is 0.201 e. The van der Waals surface area contributed by atoms with Gasteiger partial charge in [-0.15, -0.1) is 11.3 Å². The summed E-state index contributed by atoms with van der Waals surface area (Å²) in [5.74, 6) is -2.36. The van der Waals surface area contributed by atoms with Crippen molar-refractivity contribution in [2.75, 3.05) is 6.61 Å². The third-order valence-electron chi connectivity index (χ3n) is 5.10. The van der Waals surface area contributed by atoms with Crippen molar-refractivity contribution in [3.8, 4) is 5.75 Å². The van der Waals surface area contributed by atoms with Gasteiger partial charge in [-0.2, -0.15) is 17.0 Å². The molecular formula is C20H19F3OS2. The molecule has 0 radical (unpaired) electrons. The van der Waals surface area contributed by atoms with E-state index in [0.717, 1.165) is 31.2 Å². The zero-order valence-corrected chi connectivity index (χ0v) is 16.0. The topological polar surface area (TPSA) is 9.23 Å². The van der Waals surface area contributed by atoms with Crippen molar-refractivity contribution in [3.63, 3.8) is 0 Å². The largest absolute Gasteiger partial charge is 0.490 e. The van der Waals surface area contributed by atoms with E-state index in [1.165, 1.54) is 23.5 Å². The quantitative estimate of drug-likeness (QED) is 0.488. The van der Waals surface area contributed by atoms with Crippen LogP contribution >= 0.6 is 24.0 Å². The summed E-state index contributed by atoms with van der Waals surface area (Å²) in [5, 5.41) is 0.572. The third-order valence-corrected chi connectivity index (χ3v) is 6.70. The van der Waals surface area contributed by atoms with Gasteiger partial charge in [-0.1, -0.05) is 0 Å². The van der Waals surface area contributed by atoms with Crippen molar-refractivity contribution in [2.45, 2.75) is 37.9 Å². The lowest BCUT2D eigenvalue weighted by Crippen LogP contribution is -2.20. The van der Waals surface area contributed by atoms with E-state index in [2.05, 4.69) is 12.6 Å². The van der Waals surface area contributed by atoms with E-state index in [1.54, 1.807) is 13.0 Å². The monoisotopic (exact) mass is 396 g/mol. The van der Waals surface area contributed by atoms with Crippen molar-refractivity contribution >= 4 is 44.1 Å². The van der Waals surface area contributed by atoms with Crippen molar-refractivity contribution < 1.29 is 17.9 Å². The molecule has 0 aliphatic heterocycles. The van der Waals surface area contributed by atoms with Gasteiger partial charge in [0.2, 0.25) is 5.82 Å². The van der Waals surface area contributed by atoms with Gasteiger partial charge in [0.05, 0.1) is 6.61 Å². The molecule has 0 bridgehead atoms. The number of hydrogen-bond acceptors (Lipinski definition) is 3. The standard InChI is InChI=1S/C20H19F3OS2/c1-10-6-13(21)17-15(7-10)26-16-8-14(19(22)20(23)18(16)17)24-9-11-2-4-12(25)5-3-11/h6-8,11-12,25H,2-5,9H2,1H3. The Morgan fingerprint density at radius 3 is 2.42 bits per heavy atom. The van der Waals surface area contributed by atoms with Crippen LogP contribution in [0.15, 0.2) is 18.2 Å². The van der Waals surface area contributed by atoms with Gasteiger partial charge in [0.25, 0.3) is 0 Å². The number of thiophene rings is 1. The maximum absolute atomic E-state index is 14.7. The molecule has 4 rings (SSSR count). The second-order valence-electron chi connectivity index (χ2n) is 7.08. The van der Waals surface area contributed by atoms with Crippen LogP contribution in [-0.2, 0) is 0 Å². The van der Waals surface area contributed by atoms with E-state index in [-0.39, 0.29) is 16.5 Å². The first kappa shape index (κ1) is 18.0. The lowest BCUT2D eigenvalue weighted by molar-refractivity contribution is 0.203. The lowest BCUT2D eigenvalue weighted by atomic mass is 9.89. The average molecular weight is 396 g/mol. The summed E-state index contributed by atoms with van der Waals surface area (Å²) in [7, 11) is 0. The number of ether oxygens (including phenoxy) is 1. The molecule has 0 atom stereocenters. The van der Waals surface area contributed by atoms with Gasteiger partial charge in [0.1, 0.15) is 5.82 Å². The van der Waals surface area contributed by atoms with Crippen LogP contribution in [-0.4, -0.2) is 11.9 Å². The van der Waals surface area contributed by atoms with Crippen LogP contribution in [0.5, 0.6) is 5.75 Å².